The fourth-order valence-corrected chi connectivity index (χ4v) is 7.77. The number of benzene rings is 10. The molecule has 0 spiro atoms. The number of fused-ring (bicyclic) bond motifs is 7. The van der Waals surface area contributed by atoms with Gasteiger partial charge in [0.2, 0.25) is 0 Å². The molecule has 0 radical (unpaired) electrons. The van der Waals surface area contributed by atoms with Crippen molar-refractivity contribution in [2.24, 2.45) is 0 Å². The molecule has 10 aromatic rings. The summed E-state index contributed by atoms with van der Waals surface area (Å²) in [5.74, 6) is 0. The first-order valence-corrected chi connectivity index (χ1v) is 16.7. The lowest BCUT2D eigenvalue weighted by atomic mass is 9.85. The van der Waals surface area contributed by atoms with Crippen molar-refractivity contribution in [3.05, 3.63) is 182 Å². The van der Waals surface area contributed by atoms with Gasteiger partial charge in [0.25, 0.3) is 0 Å². The maximum Gasteiger partial charge on any atom is -0.00201 e. The molecule has 0 amide bonds. The molecule has 0 heterocycles. The van der Waals surface area contributed by atoms with Crippen LogP contribution in [0.2, 0.25) is 0 Å². The average Bonchev–Trinajstić information content (AvgIpc) is 3.16. The minimum atomic E-state index is 1.23. The van der Waals surface area contributed by atoms with Crippen LogP contribution in [0.15, 0.2) is 182 Å². The molecule has 0 aliphatic heterocycles. The van der Waals surface area contributed by atoms with Gasteiger partial charge < -0.3 is 0 Å². The molecule has 0 N–H and O–H groups in total. The Morgan fingerprint density at radius 3 is 1.33 bits per heavy atom. The minimum absolute atomic E-state index is 1.23. The molecule has 0 aliphatic rings. The maximum atomic E-state index is 2.41. The van der Waals surface area contributed by atoms with Crippen LogP contribution in [0.4, 0.5) is 0 Å². The third-order valence-electron chi connectivity index (χ3n) is 10.2. The van der Waals surface area contributed by atoms with Gasteiger partial charge in [-0.25, -0.2) is 0 Å². The van der Waals surface area contributed by atoms with Crippen molar-refractivity contribution in [3.8, 4) is 33.4 Å². The second-order valence-electron chi connectivity index (χ2n) is 12.9. The zero-order chi connectivity index (χ0) is 31.6. The molecule has 0 aliphatic carbocycles. The van der Waals surface area contributed by atoms with E-state index in [1.807, 2.05) is 0 Å². The Labute approximate surface area is 279 Å². The Morgan fingerprint density at radius 1 is 0.208 bits per heavy atom. The fourth-order valence-electron chi connectivity index (χ4n) is 7.77. The van der Waals surface area contributed by atoms with Crippen LogP contribution in [-0.4, -0.2) is 0 Å². The van der Waals surface area contributed by atoms with Gasteiger partial charge in [0.05, 0.1) is 0 Å². The van der Waals surface area contributed by atoms with Gasteiger partial charge in [-0.3, -0.25) is 0 Å². The van der Waals surface area contributed by atoms with Gasteiger partial charge in [-0.15, -0.1) is 0 Å². The lowest BCUT2D eigenvalue weighted by molar-refractivity contribution is 1.66. The van der Waals surface area contributed by atoms with E-state index in [2.05, 4.69) is 182 Å². The van der Waals surface area contributed by atoms with Crippen LogP contribution >= 0.6 is 0 Å². The van der Waals surface area contributed by atoms with E-state index in [0.717, 1.165) is 0 Å². The predicted molar refractivity (Wildman–Crippen MR) is 208 cm³/mol. The number of hydrogen-bond acceptors (Lipinski definition) is 0. The van der Waals surface area contributed by atoms with Gasteiger partial charge >= 0.3 is 0 Å². The molecule has 0 heteroatoms. The van der Waals surface area contributed by atoms with E-state index in [0.29, 0.717) is 0 Å². The molecule has 0 saturated heterocycles. The molecule has 48 heavy (non-hydrogen) atoms. The standard InChI is InChI=1S/C48H30/c1-3-11-33-25-35(19-17-31(33)9-1)37-23-24-43-41(27-37)28-40-22-21-38(36-20-18-32-10-2-4-12-34(32)26-36)29-46(40)48(43)47-30-39-13-5-6-14-42(39)44-15-7-8-16-45(44)47/h1-30H. The second-order valence-corrected chi connectivity index (χ2v) is 12.9. The summed E-state index contributed by atoms with van der Waals surface area (Å²) >= 11 is 0. The summed E-state index contributed by atoms with van der Waals surface area (Å²) in [6.07, 6.45) is 0. The molecular formula is C48H30. The Kier molecular flexibility index (Phi) is 5.98. The van der Waals surface area contributed by atoms with Crippen molar-refractivity contribution in [3.63, 3.8) is 0 Å². The molecule has 0 saturated carbocycles. The van der Waals surface area contributed by atoms with Crippen LogP contribution in [-0.2, 0) is 0 Å². The van der Waals surface area contributed by atoms with Crippen molar-refractivity contribution in [1.29, 1.82) is 0 Å². The highest BCUT2D eigenvalue weighted by molar-refractivity contribution is 6.22. The molecular weight excluding hydrogens is 577 g/mol. The lowest BCUT2D eigenvalue weighted by Gasteiger charge is -2.18. The average molecular weight is 607 g/mol. The van der Waals surface area contributed by atoms with Crippen molar-refractivity contribution < 1.29 is 0 Å². The van der Waals surface area contributed by atoms with Crippen molar-refractivity contribution >= 4 is 64.6 Å². The van der Waals surface area contributed by atoms with Gasteiger partial charge in [-0.05, 0) is 134 Å². The van der Waals surface area contributed by atoms with Crippen molar-refractivity contribution in [1.82, 2.24) is 0 Å². The monoisotopic (exact) mass is 606 g/mol. The molecule has 222 valence electrons. The van der Waals surface area contributed by atoms with Gasteiger partial charge in [0.1, 0.15) is 0 Å². The lowest BCUT2D eigenvalue weighted by Crippen LogP contribution is -1.90. The van der Waals surface area contributed by atoms with Crippen LogP contribution in [0.1, 0.15) is 0 Å². The van der Waals surface area contributed by atoms with Gasteiger partial charge in [0.15, 0.2) is 0 Å². The zero-order valence-corrected chi connectivity index (χ0v) is 26.3. The SMILES string of the molecule is c1ccc2cc(-c3ccc4c(-c5cc6ccccc6c6ccccc56)c5cc(-c6ccc7ccccc7c6)ccc5cc4c3)ccc2c1. The first-order chi connectivity index (χ1) is 23.8. The van der Waals surface area contributed by atoms with Gasteiger partial charge in [0, 0.05) is 0 Å². The van der Waals surface area contributed by atoms with E-state index < -0.39 is 0 Å². The second kappa shape index (κ2) is 10.7. The maximum absolute atomic E-state index is 2.41. The largest absolute Gasteiger partial charge is 0.0616 e. The molecule has 0 nitrogen and oxygen atoms in total. The number of hydrogen-bond donors (Lipinski definition) is 0. The fraction of sp³-hybridized carbons (Fsp3) is 0. The van der Waals surface area contributed by atoms with E-state index in [1.54, 1.807) is 0 Å². The third kappa shape index (κ3) is 4.31. The van der Waals surface area contributed by atoms with Crippen molar-refractivity contribution in [2.75, 3.05) is 0 Å². The third-order valence-corrected chi connectivity index (χ3v) is 10.2. The summed E-state index contributed by atoms with van der Waals surface area (Å²) in [6, 6.07) is 67.3. The molecule has 0 atom stereocenters. The highest BCUT2D eigenvalue weighted by atomic mass is 14.2. The van der Waals surface area contributed by atoms with Crippen molar-refractivity contribution in [2.45, 2.75) is 0 Å². The molecule has 0 unspecified atom stereocenters. The number of rotatable bonds is 3. The normalized spacial score (nSPS) is 11.8. The van der Waals surface area contributed by atoms with Crippen LogP contribution in [0, 0.1) is 0 Å². The quantitative estimate of drug-likeness (QED) is 0.139. The summed E-state index contributed by atoms with van der Waals surface area (Å²) in [5, 5.41) is 15.2. The van der Waals surface area contributed by atoms with E-state index >= 15 is 0 Å². The van der Waals surface area contributed by atoms with E-state index in [-0.39, 0.29) is 0 Å². The molecule has 0 fully saturated rings. The summed E-state index contributed by atoms with van der Waals surface area (Å²) in [5.41, 5.74) is 7.49. The Hall–Kier alpha value is -6.24. The summed E-state index contributed by atoms with van der Waals surface area (Å²) in [6.45, 7) is 0. The van der Waals surface area contributed by atoms with Gasteiger partial charge in [-0.2, -0.15) is 0 Å². The van der Waals surface area contributed by atoms with Crippen LogP contribution < -0.4 is 0 Å². The molecule has 10 rings (SSSR count). The Bertz CT molecular complexity index is 2890. The molecule has 10 aromatic carbocycles. The summed E-state index contributed by atoms with van der Waals surface area (Å²) in [4.78, 5) is 0. The van der Waals surface area contributed by atoms with Crippen LogP contribution in [0.25, 0.3) is 98.0 Å². The first kappa shape index (κ1) is 26.9. The minimum Gasteiger partial charge on any atom is -0.0616 e. The van der Waals surface area contributed by atoms with Crippen LogP contribution in [0.3, 0.4) is 0 Å². The van der Waals surface area contributed by atoms with E-state index in [4.69, 9.17) is 0 Å². The highest BCUT2D eigenvalue weighted by Gasteiger charge is 2.16. The highest BCUT2D eigenvalue weighted by Crippen LogP contribution is 2.44. The molecule has 0 bridgehead atoms. The van der Waals surface area contributed by atoms with Gasteiger partial charge in [-0.1, -0.05) is 146 Å². The van der Waals surface area contributed by atoms with Crippen LogP contribution in [0.5, 0.6) is 0 Å². The first-order valence-electron chi connectivity index (χ1n) is 16.7. The van der Waals surface area contributed by atoms with E-state index in [9.17, 15) is 0 Å². The zero-order valence-electron chi connectivity index (χ0n) is 26.3. The summed E-state index contributed by atoms with van der Waals surface area (Å²) in [7, 11) is 0. The predicted octanol–water partition coefficient (Wildman–Crippen LogP) is 13.6. The Morgan fingerprint density at radius 2 is 0.667 bits per heavy atom. The summed E-state index contributed by atoms with van der Waals surface area (Å²) < 4.78 is 0. The topological polar surface area (TPSA) is 0 Å². The smallest absolute Gasteiger partial charge is 0.00201 e. The van der Waals surface area contributed by atoms with E-state index in [1.165, 1.54) is 98.0 Å². The Balaban J connectivity index is 1.27. The molecule has 0 aromatic heterocycles.